The molecule has 3 rings (SSSR count). The third-order valence-electron chi connectivity index (χ3n) is 3.58. The van der Waals surface area contributed by atoms with Crippen LogP contribution in [0.15, 0.2) is 65.6 Å². The zero-order valence-electron chi connectivity index (χ0n) is 12.2. The largest absolute Gasteiger partial charge is 0.398 e. The Hall–Kier alpha value is -2.44. The Bertz CT molecular complexity index is 954. The van der Waals surface area contributed by atoms with Crippen LogP contribution in [0.5, 0.6) is 0 Å². The molecule has 3 aromatic carbocycles. The van der Waals surface area contributed by atoms with E-state index in [-0.39, 0.29) is 17.3 Å². The number of hydrogen-bond acceptors (Lipinski definition) is 3. The molecule has 0 aliphatic heterocycles. The van der Waals surface area contributed by atoms with Crippen molar-refractivity contribution in [2.45, 2.75) is 11.4 Å². The molecule has 0 aromatic heterocycles. The van der Waals surface area contributed by atoms with Crippen molar-refractivity contribution in [2.24, 2.45) is 0 Å². The molecule has 0 heterocycles. The van der Waals surface area contributed by atoms with Crippen LogP contribution in [-0.4, -0.2) is 8.42 Å². The van der Waals surface area contributed by atoms with Crippen molar-refractivity contribution in [2.75, 3.05) is 5.73 Å². The second-order valence-corrected chi connectivity index (χ2v) is 6.88. The van der Waals surface area contributed by atoms with Gasteiger partial charge in [0.2, 0.25) is 10.0 Å². The van der Waals surface area contributed by atoms with Gasteiger partial charge in [-0.3, -0.25) is 0 Å². The number of rotatable bonds is 4. The zero-order chi connectivity index (χ0) is 16.4. The van der Waals surface area contributed by atoms with Crippen molar-refractivity contribution >= 4 is 26.5 Å². The van der Waals surface area contributed by atoms with E-state index < -0.39 is 10.0 Å². The number of hydrogen-bond donors (Lipinski definition) is 2. The maximum absolute atomic E-state index is 12.9. The number of nitrogen functional groups attached to an aromatic ring is 1. The van der Waals surface area contributed by atoms with Gasteiger partial charge in [0.05, 0.1) is 4.90 Å². The summed E-state index contributed by atoms with van der Waals surface area (Å²) >= 11 is 0. The highest BCUT2D eigenvalue weighted by molar-refractivity contribution is 7.89. The minimum Gasteiger partial charge on any atom is -0.398 e. The van der Waals surface area contributed by atoms with Crippen LogP contribution in [0, 0.1) is 5.82 Å². The highest BCUT2D eigenvalue weighted by Crippen LogP contribution is 2.27. The molecule has 0 saturated carbocycles. The first kappa shape index (κ1) is 15.5. The number of sulfonamides is 1. The van der Waals surface area contributed by atoms with Gasteiger partial charge in [0.15, 0.2) is 0 Å². The second-order valence-electron chi connectivity index (χ2n) is 5.15. The summed E-state index contributed by atoms with van der Waals surface area (Å²) < 4.78 is 40.6. The lowest BCUT2D eigenvalue weighted by molar-refractivity contribution is 0.582. The molecule has 0 radical (unpaired) electrons. The smallest absolute Gasteiger partial charge is 0.241 e. The summed E-state index contributed by atoms with van der Waals surface area (Å²) in [5.74, 6) is -0.360. The van der Waals surface area contributed by atoms with Gasteiger partial charge in [-0.2, -0.15) is 0 Å². The van der Waals surface area contributed by atoms with E-state index >= 15 is 0 Å². The third-order valence-corrected chi connectivity index (χ3v) is 5.04. The van der Waals surface area contributed by atoms with E-state index in [9.17, 15) is 12.8 Å². The average molecular weight is 330 g/mol. The number of benzene rings is 3. The lowest BCUT2D eigenvalue weighted by atomic mass is 10.1. The molecule has 0 bridgehead atoms. The van der Waals surface area contributed by atoms with Crippen molar-refractivity contribution in [1.29, 1.82) is 0 Å². The number of fused-ring (bicyclic) bond motifs is 1. The molecule has 0 unspecified atom stereocenters. The van der Waals surface area contributed by atoms with Crippen molar-refractivity contribution in [3.05, 3.63) is 72.0 Å². The molecule has 0 amide bonds. The number of anilines is 1. The van der Waals surface area contributed by atoms with Gasteiger partial charge >= 0.3 is 0 Å². The summed E-state index contributed by atoms with van der Waals surface area (Å²) in [6, 6.07) is 15.8. The van der Waals surface area contributed by atoms with Gasteiger partial charge in [0.1, 0.15) is 5.82 Å². The van der Waals surface area contributed by atoms with E-state index in [1.165, 1.54) is 18.2 Å². The monoisotopic (exact) mass is 330 g/mol. The number of nitrogens with one attached hydrogen (secondary N) is 1. The molecule has 118 valence electrons. The Kier molecular flexibility index (Phi) is 4.02. The molecule has 3 aromatic rings. The van der Waals surface area contributed by atoms with Gasteiger partial charge < -0.3 is 5.73 Å². The maximum atomic E-state index is 12.9. The summed E-state index contributed by atoms with van der Waals surface area (Å²) in [5.41, 5.74) is 7.10. The predicted molar refractivity (Wildman–Crippen MR) is 88.8 cm³/mol. The van der Waals surface area contributed by atoms with E-state index in [4.69, 9.17) is 5.73 Å². The van der Waals surface area contributed by atoms with Crippen LogP contribution >= 0.6 is 0 Å². The minimum atomic E-state index is -3.71. The SMILES string of the molecule is Nc1cccc2c(S(=O)(=O)NCc3ccc(F)cc3)cccc12. The highest BCUT2D eigenvalue weighted by Gasteiger charge is 2.17. The third kappa shape index (κ3) is 3.18. The van der Waals surface area contributed by atoms with Crippen LogP contribution in [0.2, 0.25) is 0 Å². The fourth-order valence-corrected chi connectivity index (χ4v) is 3.64. The van der Waals surface area contributed by atoms with Crippen LogP contribution in [0.3, 0.4) is 0 Å². The van der Waals surface area contributed by atoms with E-state index in [1.54, 1.807) is 42.5 Å². The van der Waals surface area contributed by atoms with Crippen molar-refractivity contribution in [3.8, 4) is 0 Å². The minimum absolute atomic E-state index is 0.0846. The quantitative estimate of drug-likeness (QED) is 0.722. The Morgan fingerprint density at radius 1 is 0.913 bits per heavy atom. The summed E-state index contributed by atoms with van der Waals surface area (Å²) in [7, 11) is -3.71. The maximum Gasteiger partial charge on any atom is 0.241 e. The molecule has 0 atom stereocenters. The van der Waals surface area contributed by atoms with Gasteiger partial charge in [-0.05, 0) is 29.8 Å². The van der Waals surface area contributed by atoms with Crippen molar-refractivity contribution in [3.63, 3.8) is 0 Å². The van der Waals surface area contributed by atoms with Gasteiger partial charge in [0, 0.05) is 23.0 Å². The van der Waals surface area contributed by atoms with E-state index in [1.807, 2.05) is 0 Å². The number of nitrogens with two attached hydrogens (primary N) is 1. The second kappa shape index (κ2) is 5.98. The van der Waals surface area contributed by atoms with Crippen LogP contribution in [-0.2, 0) is 16.6 Å². The summed E-state index contributed by atoms with van der Waals surface area (Å²) in [6.45, 7) is 0.0846. The van der Waals surface area contributed by atoms with Gasteiger partial charge in [-0.15, -0.1) is 0 Å². The van der Waals surface area contributed by atoms with E-state index in [0.717, 1.165) is 0 Å². The van der Waals surface area contributed by atoms with Gasteiger partial charge in [0.25, 0.3) is 0 Å². The molecule has 4 nitrogen and oxygen atoms in total. The van der Waals surface area contributed by atoms with Crippen LogP contribution in [0.1, 0.15) is 5.56 Å². The van der Waals surface area contributed by atoms with Crippen molar-refractivity contribution < 1.29 is 12.8 Å². The summed E-state index contributed by atoms with van der Waals surface area (Å²) in [6.07, 6.45) is 0. The number of halogens is 1. The van der Waals surface area contributed by atoms with Gasteiger partial charge in [-0.25, -0.2) is 17.5 Å². The van der Waals surface area contributed by atoms with Crippen molar-refractivity contribution in [1.82, 2.24) is 4.72 Å². The standard InChI is InChI=1S/C17H15FN2O2S/c18-13-9-7-12(8-10-13)11-20-23(21,22)17-6-2-3-14-15(17)4-1-5-16(14)19/h1-10,20H,11,19H2. The van der Waals surface area contributed by atoms with Crippen LogP contribution in [0.25, 0.3) is 10.8 Å². The lowest BCUT2D eigenvalue weighted by Gasteiger charge is -2.10. The molecule has 0 fully saturated rings. The van der Waals surface area contributed by atoms with Crippen LogP contribution in [0.4, 0.5) is 10.1 Å². The molecule has 0 aliphatic carbocycles. The van der Waals surface area contributed by atoms with E-state index in [2.05, 4.69) is 4.72 Å². The first-order chi connectivity index (χ1) is 11.0. The fraction of sp³-hybridized carbons (Fsp3) is 0.0588. The first-order valence-electron chi connectivity index (χ1n) is 6.99. The highest BCUT2D eigenvalue weighted by atomic mass is 32.2. The van der Waals surface area contributed by atoms with Gasteiger partial charge in [-0.1, -0.05) is 36.4 Å². The molecule has 23 heavy (non-hydrogen) atoms. The fourth-order valence-electron chi connectivity index (χ4n) is 2.40. The molecule has 3 N–H and O–H groups in total. The molecular formula is C17H15FN2O2S. The topological polar surface area (TPSA) is 72.2 Å². The first-order valence-corrected chi connectivity index (χ1v) is 8.47. The zero-order valence-corrected chi connectivity index (χ0v) is 13.0. The lowest BCUT2D eigenvalue weighted by Crippen LogP contribution is -2.23. The Morgan fingerprint density at radius 3 is 2.30 bits per heavy atom. The summed E-state index contributed by atoms with van der Waals surface area (Å²) in [4.78, 5) is 0.171. The molecule has 0 saturated heterocycles. The molecule has 0 spiro atoms. The van der Waals surface area contributed by atoms with Crippen LogP contribution < -0.4 is 10.5 Å². The van der Waals surface area contributed by atoms with E-state index in [0.29, 0.717) is 22.0 Å². The molecular weight excluding hydrogens is 315 g/mol. The Labute approximate surface area is 133 Å². The molecule has 0 aliphatic rings. The summed E-state index contributed by atoms with van der Waals surface area (Å²) in [5, 5.41) is 1.26. The Morgan fingerprint density at radius 2 is 1.57 bits per heavy atom. The molecule has 6 heteroatoms. The average Bonchev–Trinajstić information content (AvgIpc) is 2.54. The normalized spacial score (nSPS) is 11.7. The Balaban J connectivity index is 1.94. The predicted octanol–water partition coefficient (Wildman–Crippen LogP) is 3.04.